The second-order valence-electron chi connectivity index (χ2n) is 2.72. The highest BCUT2D eigenvalue weighted by atomic mass is 16.5. The van der Waals surface area contributed by atoms with E-state index in [1.54, 1.807) is 0 Å². The fourth-order valence-corrected chi connectivity index (χ4v) is 1.16. The van der Waals surface area contributed by atoms with Crippen molar-refractivity contribution in [1.82, 2.24) is 0 Å². The molecule has 4 nitrogen and oxygen atoms in total. The lowest BCUT2D eigenvalue weighted by atomic mass is 10.1. The van der Waals surface area contributed by atoms with Gasteiger partial charge in [-0.3, -0.25) is 4.79 Å². The molecule has 3 N–H and O–H groups in total. The van der Waals surface area contributed by atoms with Gasteiger partial charge in [0.05, 0.1) is 6.61 Å². The standard InChI is InChI=1S/C8H13NO3/c9-5-6(8(10)11)7-3-1-2-4-12-7/h3,6H,1-2,4-5,9H2,(H,10,11). The maximum Gasteiger partial charge on any atom is 0.315 e. The summed E-state index contributed by atoms with van der Waals surface area (Å²) in [4.78, 5) is 10.6. The molecule has 0 aromatic heterocycles. The van der Waals surface area contributed by atoms with Crippen molar-refractivity contribution in [3.63, 3.8) is 0 Å². The van der Waals surface area contributed by atoms with E-state index < -0.39 is 11.9 Å². The Bertz CT molecular complexity index is 200. The molecular formula is C8H13NO3. The first-order valence-electron chi connectivity index (χ1n) is 4.01. The van der Waals surface area contributed by atoms with Gasteiger partial charge in [-0.1, -0.05) is 0 Å². The molecule has 0 bridgehead atoms. The summed E-state index contributed by atoms with van der Waals surface area (Å²) in [6, 6.07) is 0. The molecule has 1 atom stereocenters. The molecule has 1 heterocycles. The topological polar surface area (TPSA) is 72.6 Å². The van der Waals surface area contributed by atoms with Gasteiger partial charge in [-0.05, 0) is 18.9 Å². The van der Waals surface area contributed by atoms with Gasteiger partial charge in [0, 0.05) is 6.54 Å². The van der Waals surface area contributed by atoms with Gasteiger partial charge in [0.1, 0.15) is 11.7 Å². The second kappa shape index (κ2) is 4.11. The first-order valence-corrected chi connectivity index (χ1v) is 4.01. The van der Waals surface area contributed by atoms with Crippen LogP contribution < -0.4 is 5.73 Å². The first-order chi connectivity index (χ1) is 5.75. The molecule has 1 rings (SSSR count). The smallest absolute Gasteiger partial charge is 0.315 e. The number of carboxylic acids is 1. The van der Waals surface area contributed by atoms with E-state index in [-0.39, 0.29) is 6.54 Å². The van der Waals surface area contributed by atoms with Crippen LogP contribution in [0.25, 0.3) is 0 Å². The lowest BCUT2D eigenvalue weighted by Crippen LogP contribution is -2.27. The van der Waals surface area contributed by atoms with E-state index in [0.717, 1.165) is 12.8 Å². The summed E-state index contributed by atoms with van der Waals surface area (Å²) in [7, 11) is 0. The molecule has 12 heavy (non-hydrogen) atoms. The number of carbonyl (C=O) groups is 1. The molecule has 1 aliphatic heterocycles. The van der Waals surface area contributed by atoms with Crippen molar-refractivity contribution in [2.75, 3.05) is 13.2 Å². The molecule has 1 aliphatic rings. The Morgan fingerprint density at radius 1 is 1.83 bits per heavy atom. The molecule has 0 spiro atoms. The Morgan fingerprint density at radius 2 is 2.58 bits per heavy atom. The average Bonchev–Trinajstić information content (AvgIpc) is 2.07. The van der Waals surface area contributed by atoms with Crippen molar-refractivity contribution < 1.29 is 14.6 Å². The highest BCUT2D eigenvalue weighted by Crippen LogP contribution is 2.17. The number of hydrogen-bond acceptors (Lipinski definition) is 3. The number of aliphatic carboxylic acids is 1. The number of ether oxygens (including phenoxy) is 1. The minimum Gasteiger partial charge on any atom is -0.497 e. The van der Waals surface area contributed by atoms with Crippen molar-refractivity contribution in [3.05, 3.63) is 11.8 Å². The van der Waals surface area contributed by atoms with Gasteiger partial charge in [-0.25, -0.2) is 0 Å². The van der Waals surface area contributed by atoms with E-state index in [0.29, 0.717) is 12.4 Å². The fraction of sp³-hybridized carbons (Fsp3) is 0.625. The summed E-state index contributed by atoms with van der Waals surface area (Å²) < 4.78 is 5.19. The molecule has 0 aliphatic carbocycles. The summed E-state index contributed by atoms with van der Waals surface area (Å²) in [6.07, 6.45) is 3.66. The number of rotatable bonds is 3. The third-order valence-corrected chi connectivity index (χ3v) is 1.84. The van der Waals surface area contributed by atoms with Crippen molar-refractivity contribution in [1.29, 1.82) is 0 Å². The monoisotopic (exact) mass is 171 g/mol. The zero-order valence-corrected chi connectivity index (χ0v) is 6.82. The van der Waals surface area contributed by atoms with Crippen LogP contribution >= 0.6 is 0 Å². The highest BCUT2D eigenvalue weighted by Gasteiger charge is 2.23. The van der Waals surface area contributed by atoms with Gasteiger partial charge in [0.15, 0.2) is 0 Å². The van der Waals surface area contributed by atoms with E-state index in [1.807, 2.05) is 6.08 Å². The van der Waals surface area contributed by atoms with Crippen molar-refractivity contribution >= 4 is 5.97 Å². The second-order valence-corrected chi connectivity index (χ2v) is 2.72. The third kappa shape index (κ3) is 1.98. The maximum atomic E-state index is 10.6. The minimum absolute atomic E-state index is 0.0984. The van der Waals surface area contributed by atoms with Gasteiger partial charge in [-0.15, -0.1) is 0 Å². The lowest BCUT2D eigenvalue weighted by molar-refractivity contribution is -0.141. The molecule has 68 valence electrons. The number of hydrogen-bond donors (Lipinski definition) is 2. The van der Waals surface area contributed by atoms with E-state index in [4.69, 9.17) is 15.6 Å². The van der Waals surface area contributed by atoms with Crippen LogP contribution in [0.15, 0.2) is 11.8 Å². The largest absolute Gasteiger partial charge is 0.497 e. The van der Waals surface area contributed by atoms with Crippen LogP contribution in [0.2, 0.25) is 0 Å². The normalized spacial score (nSPS) is 19.2. The Labute approximate surface area is 71.0 Å². The molecule has 0 saturated carbocycles. The molecule has 0 aromatic carbocycles. The third-order valence-electron chi connectivity index (χ3n) is 1.84. The molecule has 0 aromatic rings. The molecule has 0 radical (unpaired) electrons. The first kappa shape index (κ1) is 9.06. The molecule has 0 saturated heterocycles. The summed E-state index contributed by atoms with van der Waals surface area (Å²) in [5.74, 6) is -1.05. The molecule has 1 unspecified atom stereocenters. The van der Waals surface area contributed by atoms with Crippen LogP contribution in [0, 0.1) is 5.92 Å². The maximum absolute atomic E-state index is 10.6. The Hall–Kier alpha value is -1.03. The van der Waals surface area contributed by atoms with Gasteiger partial charge in [0.25, 0.3) is 0 Å². The summed E-state index contributed by atoms with van der Waals surface area (Å²) in [5, 5.41) is 8.72. The molecule has 4 heteroatoms. The van der Waals surface area contributed by atoms with Gasteiger partial charge < -0.3 is 15.6 Å². The van der Waals surface area contributed by atoms with Crippen LogP contribution in [0.1, 0.15) is 12.8 Å². The number of allylic oxidation sites excluding steroid dienone is 1. The van der Waals surface area contributed by atoms with E-state index in [1.165, 1.54) is 0 Å². The molecule has 0 fully saturated rings. The molecular weight excluding hydrogens is 158 g/mol. The van der Waals surface area contributed by atoms with Crippen molar-refractivity contribution in [2.24, 2.45) is 11.7 Å². The predicted molar refractivity (Wildman–Crippen MR) is 43.4 cm³/mol. The van der Waals surface area contributed by atoms with Crippen LogP contribution in [0.4, 0.5) is 0 Å². The van der Waals surface area contributed by atoms with Gasteiger partial charge >= 0.3 is 5.97 Å². The van der Waals surface area contributed by atoms with E-state index in [9.17, 15) is 4.79 Å². The summed E-state index contributed by atoms with van der Waals surface area (Å²) >= 11 is 0. The van der Waals surface area contributed by atoms with Crippen LogP contribution in [0.5, 0.6) is 0 Å². The highest BCUT2D eigenvalue weighted by molar-refractivity contribution is 5.73. The van der Waals surface area contributed by atoms with Gasteiger partial charge in [0.2, 0.25) is 0 Å². The Kier molecular flexibility index (Phi) is 3.10. The summed E-state index contributed by atoms with van der Waals surface area (Å²) in [5.41, 5.74) is 5.30. The zero-order chi connectivity index (χ0) is 8.97. The summed E-state index contributed by atoms with van der Waals surface area (Å²) in [6.45, 7) is 0.705. The Morgan fingerprint density at radius 3 is 3.00 bits per heavy atom. The van der Waals surface area contributed by atoms with E-state index in [2.05, 4.69) is 0 Å². The van der Waals surface area contributed by atoms with Crippen LogP contribution in [-0.2, 0) is 9.53 Å². The molecule has 0 amide bonds. The number of carboxylic acid groups (broad SMARTS) is 1. The quantitative estimate of drug-likeness (QED) is 0.642. The van der Waals surface area contributed by atoms with E-state index >= 15 is 0 Å². The fourth-order valence-electron chi connectivity index (χ4n) is 1.16. The average molecular weight is 171 g/mol. The zero-order valence-electron chi connectivity index (χ0n) is 6.82. The van der Waals surface area contributed by atoms with Gasteiger partial charge in [-0.2, -0.15) is 0 Å². The predicted octanol–water partition coefficient (Wildman–Crippen LogP) is 0.340. The minimum atomic E-state index is -0.911. The van der Waals surface area contributed by atoms with Crippen LogP contribution in [0.3, 0.4) is 0 Å². The number of nitrogens with two attached hydrogens (primary N) is 1. The van der Waals surface area contributed by atoms with Crippen LogP contribution in [-0.4, -0.2) is 24.2 Å². The van der Waals surface area contributed by atoms with Crippen molar-refractivity contribution in [3.8, 4) is 0 Å². The SMILES string of the molecule is NCC(C(=O)O)C1=CCCCO1. The van der Waals surface area contributed by atoms with Crippen molar-refractivity contribution in [2.45, 2.75) is 12.8 Å². The Balaban J connectivity index is 2.64. The lowest BCUT2D eigenvalue weighted by Gasteiger charge is -2.19.